The normalized spacial score (nSPS) is 14.2. The van der Waals surface area contributed by atoms with Gasteiger partial charge in [0, 0.05) is 40.8 Å². The third kappa shape index (κ3) is 5.86. The summed E-state index contributed by atoms with van der Waals surface area (Å²) < 4.78 is 5.61. The summed E-state index contributed by atoms with van der Waals surface area (Å²) in [6.45, 7) is 2.43. The van der Waals surface area contributed by atoms with Crippen LogP contribution in [0.4, 0.5) is 0 Å². The number of hydrogen-bond acceptors (Lipinski definition) is 3. The molecule has 1 aliphatic rings. The molecule has 158 valence electrons. The maximum atomic E-state index is 11.7. The van der Waals surface area contributed by atoms with Crippen LogP contribution in [0.3, 0.4) is 0 Å². The number of aliphatic imine (C=N–C) groups is 1. The molecule has 6 nitrogen and oxygen atoms in total. The number of amides is 1. The molecule has 0 saturated carbocycles. The predicted octanol–water partition coefficient (Wildman–Crippen LogP) is 3.02. The van der Waals surface area contributed by atoms with Gasteiger partial charge in [-0.3, -0.25) is 9.79 Å². The number of hydrogen-bond donors (Lipinski definition) is 1. The Labute approximate surface area is 178 Å². The summed E-state index contributed by atoms with van der Waals surface area (Å²) in [4.78, 5) is 19.9. The quantitative estimate of drug-likeness (QED) is 0.592. The molecule has 0 saturated heterocycles. The minimum absolute atomic E-state index is 0.0371. The molecule has 1 N–H and O–H groups in total. The van der Waals surface area contributed by atoms with Gasteiger partial charge in [0.1, 0.15) is 5.75 Å². The molecule has 30 heavy (non-hydrogen) atoms. The molecule has 0 aromatic heterocycles. The van der Waals surface area contributed by atoms with Crippen molar-refractivity contribution in [1.29, 1.82) is 0 Å². The Morgan fingerprint density at radius 3 is 2.63 bits per heavy atom. The fourth-order valence-corrected chi connectivity index (χ4v) is 3.31. The highest BCUT2D eigenvalue weighted by atomic mass is 16.5. The van der Waals surface area contributed by atoms with Crippen molar-refractivity contribution in [1.82, 2.24) is 15.1 Å². The molecule has 0 unspecified atom stereocenters. The lowest BCUT2D eigenvalue weighted by Gasteiger charge is -2.30. The minimum Gasteiger partial charge on any atom is -0.484 e. The van der Waals surface area contributed by atoms with Gasteiger partial charge in [-0.2, -0.15) is 0 Å². The SMILES string of the molecule is CN=C(NCc1cccc(OCC(=O)N(C)C)c1)N1CC=C(c2ccccc2)CC1. The monoisotopic (exact) mass is 406 g/mol. The van der Waals surface area contributed by atoms with Crippen LogP contribution < -0.4 is 10.1 Å². The zero-order valence-electron chi connectivity index (χ0n) is 18.0. The molecule has 0 aliphatic carbocycles. The van der Waals surface area contributed by atoms with E-state index in [4.69, 9.17) is 4.74 Å². The third-order valence-corrected chi connectivity index (χ3v) is 5.08. The van der Waals surface area contributed by atoms with Crippen LogP contribution in [0.25, 0.3) is 5.57 Å². The number of benzene rings is 2. The molecule has 1 heterocycles. The van der Waals surface area contributed by atoms with Crippen LogP contribution in [0, 0.1) is 0 Å². The van der Waals surface area contributed by atoms with Crippen LogP contribution in [-0.4, -0.2) is 62.5 Å². The molecule has 3 rings (SSSR count). The number of carbonyl (C=O) groups excluding carboxylic acids is 1. The molecule has 0 fully saturated rings. The standard InChI is InChI=1S/C24H30N4O2/c1-25-24(28-14-12-21(13-15-28)20-9-5-4-6-10-20)26-17-19-8-7-11-22(16-19)30-18-23(29)27(2)3/h4-12,16H,13-15,17-18H2,1-3H3,(H,25,26). The number of ether oxygens (including phenoxy) is 1. The highest BCUT2D eigenvalue weighted by Crippen LogP contribution is 2.22. The van der Waals surface area contributed by atoms with Crippen molar-refractivity contribution in [3.8, 4) is 5.75 Å². The van der Waals surface area contributed by atoms with Gasteiger partial charge in [-0.1, -0.05) is 48.5 Å². The predicted molar refractivity (Wildman–Crippen MR) is 121 cm³/mol. The number of nitrogens with zero attached hydrogens (tertiary/aromatic N) is 3. The van der Waals surface area contributed by atoms with Crippen LogP contribution in [0.15, 0.2) is 65.7 Å². The van der Waals surface area contributed by atoms with E-state index in [-0.39, 0.29) is 12.5 Å². The van der Waals surface area contributed by atoms with Crippen LogP contribution in [0.2, 0.25) is 0 Å². The molecule has 0 radical (unpaired) electrons. The first-order valence-corrected chi connectivity index (χ1v) is 10.2. The smallest absolute Gasteiger partial charge is 0.259 e. The Balaban J connectivity index is 1.54. The van der Waals surface area contributed by atoms with E-state index < -0.39 is 0 Å². The lowest BCUT2D eigenvalue weighted by atomic mass is 10.00. The van der Waals surface area contributed by atoms with Gasteiger partial charge < -0.3 is 19.9 Å². The van der Waals surface area contributed by atoms with E-state index in [1.54, 1.807) is 14.1 Å². The average molecular weight is 407 g/mol. The Hall–Kier alpha value is -3.28. The first kappa shape index (κ1) is 21.4. The van der Waals surface area contributed by atoms with Gasteiger partial charge in [0.05, 0.1) is 0 Å². The number of likely N-dealkylation sites (N-methyl/N-ethyl adjacent to an activating group) is 1. The van der Waals surface area contributed by atoms with Gasteiger partial charge in [-0.05, 0) is 35.3 Å². The summed E-state index contributed by atoms with van der Waals surface area (Å²) in [6.07, 6.45) is 3.27. The third-order valence-electron chi connectivity index (χ3n) is 5.08. The molecule has 1 amide bonds. The van der Waals surface area contributed by atoms with Gasteiger partial charge in [-0.15, -0.1) is 0 Å². The first-order chi connectivity index (χ1) is 14.6. The molecule has 2 aromatic carbocycles. The summed E-state index contributed by atoms with van der Waals surface area (Å²) >= 11 is 0. The van der Waals surface area contributed by atoms with E-state index in [1.807, 2.05) is 37.4 Å². The molecule has 0 atom stereocenters. The maximum absolute atomic E-state index is 11.7. The van der Waals surface area contributed by atoms with E-state index in [2.05, 4.69) is 45.6 Å². The zero-order chi connectivity index (χ0) is 21.3. The summed E-state index contributed by atoms with van der Waals surface area (Å²) in [7, 11) is 5.25. The summed E-state index contributed by atoms with van der Waals surface area (Å²) in [5.41, 5.74) is 3.76. The van der Waals surface area contributed by atoms with Crippen molar-refractivity contribution in [2.45, 2.75) is 13.0 Å². The van der Waals surface area contributed by atoms with E-state index in [0.717, 1.165) is 31.0 Å². The van der Waals surface area contributed by atoms with Crippen molar-refractivity contribution in [3.05, 3.63) is 71.8 Å². The number of nitrogens with one attached hydrogen (secondary N) is 1. The summed E-state index contributed by atoms with van der Waals surface area (Å²) in [5, 5.41) is 3.44. The van der Waals surface area contributed by atoms with Crippen LogP contribution in [0.5, 0.6) is 5.75 Å². The van der Waals surface area contributed by atoms with E-state index in [1.165, 1.54) is 16.0 Å². The minimum atomic E-state index is -0.0630. The van der Waals surface area contributed by atoms with Crippen molar-refractivity contribution in [2.24, 2.45) is 4.99 Å². The number of carbonyl (C=O) groups is 1. The van der Waals surface area contributed by atoms with Crippen LogP contribution in [-0.2, 0) is 11.3 Å². The lowest BCUT2D eigenvalue weighted by molar-refractivity contribution is -0.130. The number of rotatable bonds is 6. The van der Waals surface area contributed by atoms with Crippen molar-refractivity contribution in [2.75, 3.05) is 40.8 Å². The van der Waals surface area contributed by atoms with Crippen molar-refractivity contribution in [3.63, 3.8) is 0 Å². The Bertz CT molecular complexity index is 906. The summed E-state index contributed by atoms with van der Waals surface area (Å²) in [6, 6.07) is 18.3. The highest BCUT2D eigenvalue weighted by molar-refractivity contribution is 5.81. The molecule has 6 heteroatoms. The maximum Gasteiger partial charge on any atom is 0.259 e. The van der Waals surface area contributed by atoms with Gasteiger partial charge >= 0.3 is 0 Å². The average Bonchev–Trinajstić information content (AvgIpc) is 2.79. The molecule has 0 spiro atoms. The van der Waals surface area contributed by atoms with Gasteiger partial charge in [0.15, 0.2) is 12.6 Å². The molecule has 0 bridgehead atoms. The Morgan fingerprint density at radius 2 is 1.97 bits per heavy atom. The molecular formula is C24H30N4O2. The van der Waals surface area contributed by atoms with Crippen molar-refractivity contribution < 1.29 is 9.53 Å². The largest absolute Gasteiger partial charge is 0.484 e. The Morgan fingerprint density at radius 1 is 1.17 bits per heavy atom. The van der Waals surface area contributed by atoms with Crippen LogP contribution in [0.1, 0.15) is 17.5 Å². The number of guanidine groups is 1. The van der Waals surface area contributed by atoms with Gasteiger partial charge in [0.2, 0.25) is 0 Å². The molecule has 1 aliphatic heterocycles. The zero-order valence-corrected chi connectivity index (χ0v) is 18.0. The fraction of sp³-hybridized carbons (Fsp3) is 0.333. The van der Waals surface area contributed by atoms with Crippen LogP contribution >= 0.6 is 0 Å². The van der Waals surface area contributed by atoms with Gasteiger partial charge in [0.25, 0.3) is 5.91 Å². The second-order valence-corrected chi connectivity index (χ2v) is 7.42. The van der Waals surface area contributed by atoms with Crippen molar-refractivity contribution >= 4 is 17.4 Å². The second-order valence-electron chi connectivity index (χ2n) is 7.42. The Kier molecular flexibility index (Phi) is 7.49. The second kappa shape index (κ2) is 10.5. The van der Waals surface area contributed by atoms with E-state index in [9.17, 15) is 4.79 Å². The molecular weight excluding hydrogens is 376 g/mol. The topological polar surface area (TPSA) is 57.2 Å². The highest BCUT2D eigenvalue weighted by Gasteiger charge is 2.16. The van der Waals surface area contributed by atoms with E-state index in [0.29, 0.717) is 12.3 Å². The van der Waals surface area contributed by atoms with E-state index >= 15 is 0 Å². The lowest BCUT2D eigenvalue weighted by Crippen LogP contribution is -2.43. The summed E-state index contributed by atoms with van der Waals surface area (Å²) in [5.74, 6) is 1.51. The first-order valence-electron chi connectivity index (χ1n) is 10.2. The fourth-order valence-electron chi connectivity index (χ4n) is 3.31. The molecule has 2 aromatic rings. The van der Waals surface area contributed by atoms with Gasteiger partial charge in [-0.25, -0.2) is 0 Å².